The molecule has 2 rings (SSSR count). The molecule has 1 aromatic carbocycles. The number of carbonyl (C=O) groups excluding carboxylic acids is 2. The number of hydrogen-bond donors (Lipinski definition) is 4. The molecule has 9 heteroatoms. The van der Waals surface area contributed by atoms with Gasteiger partial charge in [-0.05, 0) is 67.0 Å². The summed E-state index contributed by atoms with van der Waals surface area (Å²) in [7, 11) is 1.48. The first-order valence-electron chi connectivity index (χ1n) is 12.0. The summed E-state index contributed by atoms with van der Waals surface area (Å²) in [6.07, 6.45) is 5.14. The van der Waals surface area contributed by atoms with E-state index in [0.717, 1.165) is 16.7 Å². The van der Waals surface area contributed by atoms with Crippen molar-refractivity contribution >= 4 is 17.5 Å². The number of phenolic OH excluding ortho intramolecular Hbond substituents is 1. The van der Waals surface area contributed by atoms with Gasteiger partial charge in [-0.25, -0.2) is 0 Å². The predicted molar refractivity (Wildman–Crippen MR) is 132 cm³/mol. The Labute approximate surface area is 206 Å². The highest BCUT2D eigenvalue weighted by Gasteiger charge is 2.23. The highest BCUT2D eigenvalue weighted by Crippen LogP contribution is 2.35. The molecule has 0 aromatic heterocycles. The molecule has 0 spiro atoms. The van der Waals surface area contributed by atoms with E-state index in [0.29, 0.717) is 56.6 Å². The quantitative estimate of drug-likeness (QED) is 0.307. The minimum absolute atomic E-state index is 0.0126. The Hall–Kier alpha value is -3.20. The maximum atomic E-state index is 11.8. The number of allylic oxidation sites excluding steroid dienone is 2. The second-order valence-electron chi connectivity index (χ2n) is 8.70. The number of ether oxygens (including phenoxy) is 3. The van der Waals surface area contributed by atoms with Crippen molar-refractivity contribution < 1.29 is 34.0 Å². The number of phenols is 1. The Balaban J connectivity index is 2.26. The number of aryl methyl sites for hydroxylation is 1. The van der Waals surface area contributed by atoms with Gasteiger partial charge in [0.15, 0.2) is 11.5 Å². The van der Waals surface area contributed by atoms with E-state index < -0.39 is 30.3 Å². The zero-order valence-electron chi connectivity index (χ0n) is 21.0. The van der Waals surface area contributed by atoms with Gasteiger partial charge in [0.05, 0.1) is 19.0 Å². The van der Waals surface area contributed by atoms with Gasteiger partial charge in [0.2, 0.25) is 0 Å². The van der Waals surface area contributed by atoms with E-state index in [1.807, 2.05) is 13.0 Å². The minimum atomic E-state index is -0.508. The SMILES string of the molecule is CCC(O)CCC(CC(CCc1cc(OC)c(O)cc1C1=CCNC(N)=C1)OC(C)=O)OC(C)=O. The molecule has 0 saturated carbocycles. The predicted octanol–water partition coefficient (Wildman–Crippen LogP) is 2.92. The fourth-order valence-electron chi connectivity index (χ4n) is 4.10. The lowest BCUT2D eigenvalue weighted by atomic mass is 9.92. The summed E-state index contributed by atoms with van der Waals surface area (Å²) in [5.41, 5.74) is 8.50. The fourth-order valence-corrected chi connectivity index (χ4v) is 4.10. The van der Waals surface area contributed by atoms with Crippen molar-refractivity contribution in [3.05, 3.63) is 41.2 Å². The van der Waals surface area contributed by atoms with E-state index in [2.05, 4.69) is 5.32 Å². The Morgan fingerprint density at radius 2 is 1.77 bits per heavy atom. The molecule has 1 heterocycles. The van der Waals surface area contributed by atoms with E-state index in [4.69, 9.17) is 19.9 Å². The molecule has 3 unspecified atom stereocenters. The largest absolute Gasteiger partial charge is 0.504 e. The Bertz CT molecular complexity index is 942. The first kappa shape index (κ1) is 28.0. The molecule has 5 N–H and O–H groups in total. The van der Waals surface area contributed by atoms with Crippen LogP contribution in [0.3, 0.4) is 0 Å². The standard InChI is InChI=1S/C26H38N2O7/c1-5-20(31)7-9-22(35-17(3)30)14-21(34-16(2)29)8-6-18-12-25(33-4)24(32)15-23(18)19-10-11-28-26(27)13-19/h10,12-13,15,20-22,28,31-32H,5-9,11,14,27H2,1-4H3. The van der Waals surface area contributed by atoms with E-state index in [9.17, 15) is 19.8 Å². The van der Waals surface area contributed by atoms with Crippen LogP contribution in [0.15, 0.2) is 30.1 Å². The van der Waals surface area contributed by atoms with Crippen LogP contribution in [0, 0.1) is 0 Å². The van der Waals surface area contributed by atoms with E-state index in [1.54, 1.807) is 18.2 Å². The van der Waals surface area contributed by atoms with Crippen molar-refractivity contribution in [1.82, 2.24) is 5.32 Å². The molecule has 0 saturated heterocycles. The summed E-state index contributed by atoms with van der Waals surface area (Å²) in [5.74, 6) is 0.0324. The lowest BCUT2D eigenvalue weighted by Crippen LogP contribution is -2.28. The number of dihydropyridines is 1. The zero-order valence-corrected chi connectivity index (χ0v) is 21.0. The van der Waals surface area contributed by atoms with Gasteiger partial charge >= 0.3 is 11.9 Å². The van der Waals surface area contributed by atoms with Crippen LogP contribution in [0.4, 0.5) is 0 Å². The van der Waals surface area contributed by atoms with Crippen molar-refractivity contribution in [3.63, 3.8) is 0 Å². The van der Waals surface area contributed by atoms with E-state index in [-0.39, 0.29) is 5.75 Å². The first-order valence-corrected chi connectivity index (χ1v) is 12.0. The van der Waals surface area contributed by atoms with Crippen LogP contribution in [0.1, 0.15) is 64.0 Å². The fraction of sp³-hybridized carbons (Fsp3) is 0.538. The average molecular weight is 491 g/mol. The minimum Gasteiger partial charge on any atom is -0.504 e. The molecule has 1 aliphatic rings. The third kappa shape index (κ3) is 9.16. The van der Waals surface area contributed by atoms with Gasteiger partial charge in [-0.2, -0.15) is 0 Å². The molecule has 9 nitrogen and oxygen atoms in total. The van der Waals surface area contributed by atoms with Crippen LogP contribution in [-0.4, -0.2) is 54.1 Å². The van der Waals surface area contributed by atoms with Gasteiger partial charge in [0, 0.05) is 26.8 Å². The second kappa shape index (κ2) is 13.6. The van der Waals surface area contributed by atoms with Gasteiger partial charge in [-0.1, -0.05) is 13.0 Å². The van der Waals surface area contributed by atoms with Gasteiger partial charge in [-0.3, -0.25) is 9.59 Å². The molecule has 3 atom stereocenters. The molecule has 0 fully saturated rings. The lowest BCUT2D eigenvalue weighted by Gasteiger charge is -2.25. The molecule has 1 aliphatic heterocycles. The molecule has 1 aromatic rings. The van der Waals surface area contributed by atoms with Crippen molar-refractivity contribution in [2.24, 2.45) is 5.73 Å². The summed E-state index contributed by atoms with van der Waals surface area (Å²) in [6.45, 7) is 5.13. The van der Waals surface area contributed by atoms with Crippen LogP contribution < -0.4 is 15.8 Å². The molecular weight excluding hydrogens is 452 g/mol. The first-order chi connectivity index (χ1) is 16.6. The molecule has 0 radical (unpaired) electrons. The number of hydrogen-bond acceptors (Lipinski definition) is 9. The number of benzene rings is 1. The van der Waals surface area contributed by atoms with Crippen LogP contribution in [0.25, 0.3) is 5.57 Å². The normalized spacial score (nSPS) is 15.7. The number of carbonyl (C=O) groups is 2. The van der Waals surface area contributed by atoms with Crippen molar-refractivity contribution in [3.8, 4) is 11.5 Å². The maximum absolute atomic E-state index is 11.8. The van der Waals surface area contributed by atoms with Crippen LogP contribution in [0.2, 0.25) is 0 Å². The number of rotatable bonds is 13. The topological polar surface area (TPSA) is 140 Å². The number of aliphatic hydroxyl groups excluding tert-OH is 1. The molecular formula is C26H38N2O7. The zero-order chi connectivity index (χ0) is 26.0. The molecule has 0 bridgehead atoms. The van der Waals surface area contributed by atoms with Crippen LogP contribution >= 0.6 is 0 Å². The highest BCUT2D eigenvalue weighted by molar-refractivity contribution is 5.79. The van der Waals surface area contributed by atoms with Gasteiger partial charge < -0.3 is 35.5 Å². The Morgan fingerprint density at radius 3 is 2.34 bits per heavy atom. The molecule has 0 amide bonds. The molecule has 194 valence electrons. The number of methoxy groups -OCH3 is 1. The van der Waals surface area contributed by atoms with Crippen molar-refractivity contribution in [2.45, 2.75) is 77.6 Å². The number of nitrogens with one attached hydrogen (secondary N) is 1. The summed E-state index contributed by atoms with van der Waals surface area (Å²) in [6, 6.07) is 3.41. The third-order valence-electron chi connectivity index (χ3n) is 5.87. The number of aliphatic hydroxyl groups is 1. The van der Waals surface area contributed by atoms with Gasteiger partial charge in [0.1, 0.15) is 12.2 Å². The molecule has 0 aliphatic carbocycles. The van der Waals surface area contributed by atoms with E-state index >= 15 is 0 Å². The number of esters is 2. The molecule has 35 heavy (non-hydrogen) atoms. The van der Waals surface area contributed by atoms with E-state index in [1.165, 1.54) is 21.0 Å². The second-order valence-corrected chi connectivity index (χ2v) is 8.70. The van der Waals surface area contributed by atoms with Crippen molar-refractivity contribution in [2.75, 3.05) is 13.7 Å². The maximum Gasteiger partial charge on any atom is 0.302 e. The summed E-state index contributed by atoms with van der Waals surface area (Å²) in [4.78, 5) is 23.5. The average Bonchev–Trinajstić information content (AvgIpc) is 2.80. The lowest BCUT2D eigenvalue weighted by molar-refractivity contribution is -0.153. The highest BCUT2D eigenvalue weighted by atomic mass is 16.6. The van der Waals surface area contributed by atoms with Gasteiger partial charge in [-0.15, -0.1) is 0 Å². The summed E-state index contributed by atoms with van der Waals surface area (Å²) < 4.78 is 16.3. The monoisotopic (exact) mass is 490 g/mol. The third-order valence-corrected chi connectivity index (χ3v) is 5.87. The number of nitrogens with two attached hydrogens (primary N) is 1. The van der Waals surface area contributed by atoms with Crippen LogP contribution in [-0.2, 0) is 25.5 Å². The van der Waals surface area contributed by atoms with Gasteiger partial charge in [0.25, 0.3) is 0 Å². The Kier molecular flexibility index (Phi) is 10.9. The summed E-state index contributed by atoms with van der Waals surface area (Å²) in [5, 5.41) is 23.3. The smallest absolute Gasteiger partial charge is 0.302 e. The summed E-state index contributed by atoms with van der Waals surface area (Å²) >= 11 is 0. The number of aromatic hydroxyl groups is 1. The van der Waals surface area contributed by atoms with Crippen LogP contribution in [0.5, 0.6) is 11.5 Å². The Morgan fingerprint density at radius 1 is 1.11 bits per heavy atom. The van der Waals surface area contributed by atoms with Crippen molar-refractivity contribution in [1.29, 1.82) is 0 Å².